The van der Waals surface area contributed by atoms with E-state index in [9.17, 15) is 0 Å². The van der Waals surface area contributed by atoms with Gasteiger partial charge in [0.05, 0.1) is 0 Å². The highest BCUT2D eigenvalue weighted by atomic mass is 14.6. The van der Waals surface area contributed by atoms with E-state index in [1.165, 1.54) is 47.9 Å². The molecule has 0 saturated carbocycles. The maximum atomic E-state index is 6.11. The molecule has 0 heterocycles. The highest BCUT2D eigenvalue weighted by Crippen LogP contribution is 2.28. The second-order valence-electron chi connectivity index (χ2n) is 6.03. The molecule has 0 bridgehead atoms. The number of hydrogen-bond acceptors (Lipinski definition) is 2. The third-order valence-corrected chi connectivity index (χ3v) is 4.22. The number of rotatable bonds is 7. The van der Waals surface area contributed by atoms with Crippen LogP contribution >= 0.6 is 0 Å². The maximum absolute atomic E-state index is 6.11. The SMILES string of the molecule is CCCCc1cc(-c2ccc(N)c(CCCC)c2)ccc1N. The van der Waals surface area contributed by atoms with E-state index in [1.807, 2.05) is 12.1 Å². The van der Waals surface area contributed by atoms with Crippen LogP contribution in [-0.4, -0.2) is 0 Å². The summed E-state index contributed by atoms with van der Waals surface area (Å²) in [6, 6.07) is 12.8. The van der Waals surface area contributed by atoms with E-state index >= 15 is 0 Å². The van der Waals surface area contributed by atoms with Gasteiger partial charge in [0.2, 0.25) is 0 Å². The Balaban J connectivity index is 2.30. The Morgan fingerprint density at radius 1 is 0.682 bits per heavy atom. The Morgan fingerprint density at radius 3 is 1.45 bits per heavy atom. The highest BCUT2D eigenvalue weighted by molar-refractivity contribution is 5.70. The maximum Gasteiger partial charge on any atom is 0.0346 e. The van der Waals surface area contributed by atoms with Gasteiger partial charge in [-0.2, -0.15) is 0 Å². The molecule has 2 aromatic carbocycles. The molecule has 2 aromatic rings. The van der Waals surface area contributed by atoms with Crippen molar-refractivity contribution in [2.24, 2.45) is 0 Å². The van der Waals surface area contributed by atoms with Crippen LogP contribution in [0, 0.1) is 0 Å². The van der Waals surface area contributed by atoms with Gasteiger partial charge in [-0.15, -0.1) is 0 Å². The van der Waals surface area contributed by atoms with Crippen molar-refractivity contribution >= 4 is 11.4 Å². The molecule has 0 aliphatic carbocycles. The Labute approximate surface area is 134 Å². The van der Waals surface area contributed by atoms with E-state index in [0.29, 0.717) is 0 Å². The number of nitrogen functional groups attached to an aromatic ring is 2. The Hall–Kier alpha value is -1.96. The quantitative estimate of drug-likeness (QED) is 0.690. The van der Waals surface area contributed by atoms with Crippen LogP contribution in [0.1, 0.15) is 50.7 Å². The number of nitrogens with two attached hydrogens (primary N) is 2. The third kappa shape index (κ3) is 4.03. The van der Waals surface area contributed by atoms with Crippen molar-refractivity contribution in [2.45, 2.75) is 52.4 Å². The lowest BCUT2D eigenvalue weighted by Crippen LogP contribution is -1.97. The Bertz CT molecular complexity index is 562. The standard InChI is InChI=1S/C20H28N2/c1-3-5-7-17-13-15(9-11-19(17)21)16-10-12-20(22)18(14-16)8-6-4-2/h9-14H,3-8,21-22H2,1-2H3. The monoisotopic (exact) mass is 296 g/mol. The van der Waals surface area contributed by atoms with E-state index in [4.69, 9.17) is 11.5 Å². The predicted molar refractivity (Wildman–Crippen MR) is 97.9 cm³/mol. The van der Waals surface area contributed by atoms with Crippen LogP contribution < -0.4 is 11.5 Å². The summed E-state index contributed by atoms with van der Waals surface area (Å²) in [6.45, 7) is 4.42. The molecular formula is C20H28N2. The fourth-order valence-electron chi connectivity index (χ4n) is 2.74. The summed E-state index contributed by atoms with van der Waals surface area (Å²) in [6.07, 6.45) is 6.83. The molecule has 22 heavy (non-hydrogen) atoms. The van der Waals surface area contributed by atoms with Crippen LogP contribution in [0.3, 0.4) is 0 Å². The van der Waals surface area contributed by atoms with Gasteiger partial charge in [-0.05, 0) is 72.2 Å². The normalized spacial score (nSPS) is 10.8. The minimum absolute atomic E-state index is 0.902. The molecule has 0 fully saturated rings. The second-order valence-corrected chi connectivity index (χ2v) is 6.03. The average molecular weight is 296 g/mol. The van der Waals surface area contributed by atoms with Gasteiger partial charge in [-0.25, -0.2) is 0 Å². The Kier molecular flexibility index (Phi) is 5.88. The van der Waals surface area contributed by atoms with Crippen molar-refractivity contribution in [3.05, 3.63) is 47.5 Å². The zero-order chi connectivity index (χ0) is 15.9. The van der Waals surface area contributed by atoms with E-state index in [0.717, 1.165) is 24.2 Å². The smallest absolute Gasteiger partial charge is 0.0346 e. The van der Waals surface area contributed by atoms with Crippen molar-refractivity contribution in [3.63, 3.8) is 0 Å². The number of anilines is 2. The molecular weight excluding hydrogens is 268 g/mol. The number of aryl methyl sites for hydroxylation is 2. The van der Waals surface area contributed by atoms with Crippen molar-refractivity contribution in [3.8, 4) is 11.1 Å². The summed E-state index contributed by atoms with van der Waals surface area (Å²) < 4.78 is 0. The van der Waals surface area contributed by atoms with Gasteiger partial charge >= 0.3 is 0 Å². The minimum atomic E-state index is 0.902. The zero-order valence-electron chi connectivity index (χ0n) is 13.9. The lowest BCUT2D eigenvalue weighted by atomic mass is 9.96. The Morgan fingerprint density at radius 2 is 1.09 bits per heavy atom. The van der Waals surface area contributed by atoms with Crippen LogP contribution in [0.25, 0.3) is 11.1 Å². The first-order valence-electron chi connectivity index (χ1n) is 8.42. The topological polar surface area (TPSA) is 52.0 Å². The van der Waals surface area contributed by atoms with Crippen LogP contribution in [0.4, 0.5) is 11.4 Å². The van der Waals surface area contributed by atoms with Gasteiger partial charge in [0, 0.05) is 11.4 Å². The van der Waals surface area contributed by atoms with E-state index < -0.39 is 0 Å². The number of unbranched alkanes of at least 4 members (excludes halogenated alkanes) is 2. The molecule has 2 heteroatoms. The molecule has 118 valence electrons. The highest BCUT2D eigenvalue weighted by Gasteiger charge is 2.06. The summed E-state index contributed by atoms with van der Waals surface area (Å²) in [5.74, 6) is 0. The molecule has 0 aliphatic heterocycles. The van der Waals surface area contributed by atoms with Crippen molar-refractivity contribution in [1.29, 1.82) is 0 Å². The molecule has 0 saturated heterocycles. The van der Waals surface area contributed by atoms with Crippen LogP contribution in [0.2, 0.25) is 0 Å². The number of benzene rings is 2. The largest absolute Gasteiger partial charge is 0.399 e. The first-order valence-corrected chi connectivity index (χ1v) is 8.42. The summed E-state index contributed by atoms with van der Waals surface area (Å²) in [4.78, 5) is 0. The molecule has 2 nitrogen and oxygen atoms in total. The van der Waals surface area contributed by atoms with Gasteiger partial charge < -0.3 is 11.5 Å². The summed E-state index contributed by atoms with van der Waals surface area (Å²) in [5, 5.41) is 0. The summed E-state index contributed by atoms with van der Waals surface area (Å²) in [7, 11) is 0. The fourth-order valence-corrected chi connectivity index (χ4v) is 2.74. The van der Waals surface area contributed by atoms with E-state index in [2.05, 4.69) is 38.1 Å². The zero-order valence-corrected chi connectivity index (χ0v) is 13.9. The molecule has 2 rings (SSSR count). The molecule has 0 spiro atoms. The lowest BCUT2D eigenvalue weighted by Gasteiger charge is -2.11. The lowest BCUT2D eigenvalue weighted by molar-refractivity contribution is 0.796. The molecule has 0 amide bonds. The van der Waals surface area contributed by atoms with Crippen molar-refractivity contribution in [1.82, 2.24) is 0 Å². The van der Waals surface area contributed by atoms with Crippen LogP contribution in [0.15, 0.2) is 36.4 Å². The predicted octanol–water partition coefficient (Wildman–Crippen LogP) is 5.20. The third-order valence-electron chi connectivity index (χ3n) is 4.22. The van der Waals surface area contributed by atoms with Gasteiger partial charge in [0.1, 0.15) is 0 Å². The number of hydrogen-bond donors (Lipinski definition) is 2. The van der Waals surface area contributed by atoms with Crippen LogP contribution in [-0.2, 0) is 12.8 Å². The van der Waals surface area contributed by atoms with Gasteiger partial charge in [0.15, 0.2) is 0 Å². The second kappa shape index (κ2) is 7.88. The van der Waals surface area contributed by atoms with E-state index in [1.54, 1.807) is 0 Å². The van der Waals surface area contributed by atoms with Gasteiger partial charge in [-0.3, -0.25) is 0 Å². The molecule has 4 N–H and O–H groups in total. The first kappa shape index (κ1) is 16.4. The van der Waals surface area contributed by atoms with Crippen LogP contribution in [0.5, 0.6) is 0 Å². The summed E-state index contributed by atoms with van der Waals surface area (Å²) in [5.41, 5.74) is 19.0. The average Bonchev–Trinajstić information content (AvgIpc) is 2.53. The molecule has 0 unspecified atom stereocenters. The molecule has 0 radical (unpaired) electrons. The van der Waals surface area contributed by atoms with Gasteiger partial charge in [-0.1, -0.05) is 38.8 Å². The molecule has 0 aliphatic rings. The van der Waals surface area contributed by atoms with E-state index in [-0.39, 0.29) is 0 Å². The molecule has 0 aromatic heterocycles. The minimum Gasteiger partial charge on any atom is -0.399 e. The summed E-state index contributed by atoms with van der Waals surface area (Å²) >= 11 is 0. The van der Waals surface area contributed by atoms with Crippen molar-refractivity contribution < 1.29 is 0 Å². The first-order chi connectivity index (χ1) is 10.7. The molecule has 0 atom stereocenters. The fraction of sp³-hybridized carbons (Fsp3) is 0.400. The van der Waals surface area contributed by atoms with Gasteiger partial charge in [0.25, 0.3) is 0 Å². The van der Waals surface area contributed by atoms with Crippen molar-refractivity contribution in [2.75, 3.05) is 11.5 Å².